The fraction of sp³-hybridized carbons (Fsp3) is 0.438. The second-order valence-electron chi connectivity index (χ2n) is 6.26. The monoisotopic (exact) mass is 319 g/mol. The first-order valence-electron chi connectivity index (χ1n) is 7.46. The molecule has 0 spiro atoms. The molecule has 5 nitrogen and oxygen atoms in total. The number of anilines is 1. The quantitative estimate of drug-likeness (QED) is 0.868. The van der Waals surface area contributed by atoms with Gasteiger partial charge in [-0.3, -0.25) is 4.68 Å². The van der Waals surface area contributed by atoms with Crippen LogP contribution in [0.15, 0.2) is 46.5 Å². The van der Waals surface area contributed by atoms with Gasteiger partial charge in [0.2, 0.25) is 9.84 Å². The van der Waals surface area contributed by atoms with Crippen molar-refractivity contribution in [3.8, 4) is 0 Å². The summed E-state index contributed by atoms with van der Waals surface area (Å²) < 4.78 is 26.5. The van der Waals surface area contributed by atoms with Gasteiger partial charge in [0.25, 0.3) is 0 Å². The molecule has 3 rings (SSSR count). The zero-order chi connectivity index (χ0) is 15.9. The summed E-state index contributed by atoms with van der Waals surface area (Å²) in [6, 6.07) is 7.14. The topological polar surface area (TPSA) is 55.2 Å². The number of rotatable bonds is 4. The highest BCUT2D eigenvalue weighted by Crippen LogP contribution is 2.30. The highest BCUT2D eigenvalue weighted by atomic mass is 32.2. The number of benzene rings is 1. The molecule has 1 saturated heterocycles. The van der Waals surface area contributed by atoms with Crippen LogP contribution in [-0.4, -0.2) is 31.3 Å². The summed E-state index contributed by atoms with van der Waals surface area (Å²) in [5.41, 5.74) is 1.09. The van der Waals surface area contributed by atoms with Crippen LogP contribution in [-0.2, 0) is 16.9 Å². The minimum absolute atomic E-state index is 0.228. The lowest BCUT2D eigenvalue weighted by Gasteiger charge is -2.43. The molecule has 0 amide bonds. The number of aromatic nitrogens is 2. The zero-order valence-corrected chi connectivity index (χ0v) is 13.9. The van der Waals surface area contributed by atoms with Crippen molar-refractivity contribution in [2.45, 2.75) is 23.6 Å². The lowest BCUT2D eigenvalue weighted by Crippen LogP contribution is -2.49. The van der Waals surface area contributed by atoms with Gasteiger partial charge in [-0.05, 0) is 36.1 Å². The van der Waals surface area contributed by atoms with E-state index in [4.69, 9.17) is 0 Å². The van der Waals surface area contributed by atoms with Crippen molar-refractivity contribution in [1.82, 2.24) is 9.78 Å². The average Bonchev–Trinajstić information content (AvgIpc) is 2.84. The largest absolute Gasteiger partial charge is 0.371 e. The summed E-state index contributed by atoms with van der Waals surface area (Å²) in [5.74, 6) is 1.43. The molecule has 0 saturated carbocycles. The maximum atomic E-state index is 12.5. The SMILES string of the molecule is CC(C)C1CN(c2ccc(S(=O)(=O)c3cnn(C)c3)cc2)C1. The molecule has 1 fully saturated rings. The second kappa shape index (κ2) is 5.43. The number of nitrogens with zero attached hydrogens (tertiary/aromatic N) is 3. The molecule has 1 aromatic carbocycles. The summed E-state index contributed by atoms with van der Waals surface area (Å²) in [6.45, 7) is 6.58. The highest BCUT2D eigenvalue weighted by molar-refractivity contribution is 7.91. The first-order valence-corrected chi connectivity index (χ1v) is 8.95. The fourth-order valence-corrected chi connectivity index (χ4v) is 3.90. The van der Waals surface area contributed by atoms with E-state index in [2.05, 4.69) is 23.8 Å². The van der Waals surface area contributed by atoms with E-state index >= 15 is 0 Å². The molecule has 6 heteroatoms. The summed E-state index contributed by atoms with van der Waals surface area (Å²) in [6.07, 6.45) is 2.90. The summed E-state index contributed by atoms with van der Waals surface area (Å²) in [7, 11) is -1.77. The van der Waals surface area contributed by atoms with Crippen molar-refractivity contribution in [2.24, 2.45) is 18.9 Å². The van der Waals surface area contributed by atoms with Gasteiger partial charge in [-0.1, -0.05) is 13.8 Å². The standard InChI is InChI=1S/C16H21N3O2S/c1-12(2)13-9-19(10-13)14-4-6-15(7-5-14)22(20,21)16-8-17-18(3)11-16/h4-8,11-13H,9-10H2,1-3H3. The van der Waals surface area contributed by atoms with Crippen LogP contribution in [0.2, 0.25) is 0 Å². The van der Waals surface area contributed by atoms with E-state index in [1.807, 2.05) is 12.1 Å². The van der Waals surface area contributed by atoms with E-state index in [0.29, 0.717) is 10.8 Å². The molecule has 1 aromatic heterocycles. The summed E-state index contributed by atoms with van der Waals surface area (Å²) in [5, 5.41) is 3.93. The fourth-order valence-electron chi connectivity index (χ4n) is 2.65. The first kappa shape index (κ1) is 15.1. The Balaban J connectivity index is 1.78. The van der Waals surface area contributed by atoms with E-state index < -0.39 is 9.84 Å². The molecule has 22 heavy (non-hydrogen) atoms. The minimum Gasteiger partial charge on any atom is -0.371 e. The van der Waals surface area contributed by atoms with Gasteiger partial charge in [-0.25, -0.2) is 8.42 Å². The van der Waals surface area contributed by atoms with Gasteiger partial charge >= 0.3 is 0 Å². The molecule has 2 heterocycles. The van der Waals surface area contributed by atoms with Crippen LogP contribution in [0.1, 0.15) is 13.8 Å². The van der Waals surface area contributed by atoms with Gasteiger partial charge < -0.3 is 4.90 Å². The third-order valence-corrected chi connectivity index (χ3v) is 6.08. The third kappa shape index (κ3) is 2.63. The molecule has 0 radical (unpaired) electrons. The Morgan fingerprint density at radius 3 is 2.27 bits per heavy atom. The maximum absolute atomic E-state index is 12.5. The lowest BCUT2D eigenvalue weighted by molar-refractivity contribution is 0.310. The van der Waals surface area contributed by atoms with Crippen molar-refractivity contribution in [2.75, 3.05) is 18.0 Å². The Morgan fingerprint density at radius 2 is 1.77 bits per heavy atom. The number of aryl methyl sites for hydroxylation is 1. The Bertz CT molecular complexity index is 757. The normalized spacial score (nSPS) is 16.1. The van der Waals surface area contributed by atoms with Crippen LogP contribution in [0.5, 0.6) is 0 Å². The van der Waals surface area contributed by atoms with E-state index in [0.717, 1.165) is 24.7 Å². The number of hydrogen-bond acceptors (Lipinski definition) is 4. The van der Waals surface area contributed by atoms with Gasteiger partial charge in [-0.2, -0.15) is 5.10 Å². The molecular formula is C16H21N3O2S. The predicted octanol–water partition coefficient (Wildman–Crippen LogP) is 2.35. The molecule has 0 aliphatic carbocycles. The van der Waals surface area contributed by atoms with Gasteiger partial charge in [0.1, 0.15) is 4.90 Å². The van der Waals surface area contributed by atoms with Crippen molar-refractivity contribution in [1.29, 1.82) is 0 Å². The second-order valence-corrected chi connectivity index (χ2v) is 8.21. The molecular weight excluding hydrogens is 298 g/mol. The van der Waals surface area contributed by atoms with E-state index in [9.17, 15) is 8.42 Å². The van der Waals surface area contributed by atoms with Crippen LogP contribution in [0.25, 0.3) is 0 Å². The molecule has 1 aliphatic heterocycles. The molecule has 0 unspecified atom stereocenters. The average molecular weight is 319 g/mol. The van der Waals surface area contributed by atoms with Crippen molar-refractivity contribution in [3.05, 3.63) is 36.7 Å². The Hall–Kier alpha value is -1.82. The third-order valence-electron chi connectivity index (χ3n) is 4.36. The van der Waals surface area contributed by atoms with Crippen LogP contribution in [0, 0.1) is 11.8 Å². The smallest absolute Gasteiger partial charge is 0.209 e. The summed E-state index contributed by atoms with van der Waals surface area (Å²) in [4.78, 5) is 2.82. The molecule has 0 atom stereocenters. The highest BCUT2D eigenvalue weighted by Gasteiger charge is 2.29. The minimum atomic E-state index is -3.48. The van der Waals surface area contributed by atoms with Crippen LogP contribution < -0.4 is 4.90 Å². The van der Waals surface area contributed by atoms with Crippen molar-refractivity contribution in [3.63, 3.8) is 0 Å². The van der Waals surface area contributed by atoms with Crippen molar-refractivity contribution < 1.29 is 8.42 Å². The van der Waals surface area contributed by atoms with E-state index in [1.54, 1.807) is 19.2 Å². The van der Waals surface area contributed by atoms with Crippen molar-refractivity contribution >= 4 is 15.5 Å². The molecule has 2 aromatic rings. The van der Waals surface area contributed by atoms with E-state index in [1.165, 1.54) is 17.1 Å². The number of hydrogen-bond donors (Lipinski definition) is 0. The molecule has 0 bridgehead atoms. The maximum Gasteiger partial charge on any atom is 0.209 e. The lowest BCUT2D eigenvalue weighted by atomic mass is 9.88. The Labute approximate surface area is 131 Å². The Kier molecular flexibility index (Phi) is 3.72. The van der Waals surface area contributed by atoms with Crippen LogP contribution in [0.3, 0.4) is 0 Å². The van der Waals surface area contributed by atoms with Gasteiger partial charge in [-0.15, -0.1) is 0 Å². The first-order chi connectivity index (χ1) is 10.4. The van der Waals surface area contributed by atoms with Gasteiger partial charge in [0, 0.05) is 32.0 Å². The van der Waals surface area contributed by atoms with E-state index in [-0.39, 0.29) is 4.90 Å². The molecule has 118 valence electrons. The summed E-state index contributed by atoms with van der Waals surface area (Å²) >= 11 is 0. The predicted molar refractivity (Wildman–Crippen MR) is 85.6 cm³/mol. The van der Waals surface area contributed by atoms with Gasteiger partial charge in [0.15, 0.2) is 0 Å². The Morgan fingerprint density at radius 1 is 1.14 bits per heavy atom. The molecule has 0 N–H and O–H groups in total. The van der Waals surface area contributed by atoms with Gasteiger partial charge in [0.05, 0.1) is 11.1 Å². The molecule has 1 aliphatic rings. The number of sulfone groups is 1. The van der Waals surface area contributed by atoms with Crippen LogP contribution in [0.4, 0.5) is 5.69 Å². The zero-order valence-electron chi connectivity index (χ0n) is 13.1. The van der Waals surface area contributed by atoms with Crippen LogP contribution >= 0.6 is 0 Å².